The molecule has 0 aliphatic heterocycles. The zero-order chi connectivity index (χ0) is 15.6. The Morgan fingerprint density at radius 2 is 1.90 bits per heavy atom. The Morgan fingerprint density at radius 1 is 1.19 bits per heavy atom. The number of carbonyl (C=O) groups excluding carboxylic acids is 1. The fourth-order valence-electron chi connectivity index (χ4n) is 2.05. The van der Waals surface area contributed by atoms with Gasteiger partial charge in [0.25, 0.3) is 5.91 Å². The summed E-state index contributed by atoms with van der Waals surface area (Å²) in [6, 6.07) is 8.59. The van der Waals surface area contributed by atoms with Crippen molar-refractivity contribution in [2.45, 2.75) is 13.8 Å². The van der Waals surface area contributed by atoms with Crippen LogP contribution in [-0.4, -0.2) is 13.0 Å². The summed E-state index contributed by atoms with van der Waals surface area (Å²) in [4.78, 5) is 12.4. The Labute approximate surface area is 128 Å². The fourth-order valence-corrected chi connectivity index (χ4v) is 2.22. The molecular weight excluding hydrogens is 288 g/mol. The molecule has 0 spiro atoms. The van der Waals surface area contributed by atoms with E-state index in [-0.39, 0.29) is 5.91 Å². The first kappa shape index (κ1) is 15.2. The highest BCUT2D eigenvalue weighted by molar-refractivity contribution is 6.31. The van der Waals surface area contributed by atoms with Crippen LogP contribution in [0.25, 0.3) is 0 Å². The van der Waals surface area contributed by atoms with Gasteiger partial charge in [-0.25, -0.2) is 0 Å². The molecule has 5 heteroatoms. The van der Waals surface area contributed by atoms with Crippen molar-refractivity contribution in [3.05, 3.63) is 52.0 Å². The molecule has 0 heterocycles. The van der Waals surface area contributed by atoms with E-state index in [1.165, 1.54) is 7.11 Å². The van der Waals surface area contributed by atoms with Crippen molar-refractivity contribution in [3.8, 4) is 5.75 Å². The van der Waals surface area contributed by atoms with E-state index in [2.05, 4.69) is 5.32 Å². The number of hydrogen-bond acceptors (Lipinski definition) is 3. The third-order valence-corrected chi connectivity index (χ3v) is 3.50. The molecule has 0 saturated carbocycles. The van der Waals surface area contributed by atoms with Crippen molar-refractivity contribution in [2.75, 3.05) is 18.2 Å². The summed E-state index contributed by atoms with van der Waals surface area (Å²) >= 11 is 5.94. The lowest BCUT2D eigenvalue weighted by atomic mass is 10.1. The maximum atomic E-state index is 12.4. The number of amides is 1. The molecule has 2 aromatic carbocycles. The number of halogens is 1. The van der Waals surface area contributed by atoms with Gasteiger partial charge < -0.3 is 15.8 Å². The average molecular weight is 305 g/mol. The molecule has 0 aromatic heterocycles. The van der Waals surface area contributed by atoms with Gasteiger partial charge in [-0.2, -0.15) is 0 Å². The van der Waals surface area contributed by atoms with Crippen LogP contribution in [0.3, 0.4) is 0 Å². The maximum absolute atomic E-state index is 12.4. The first-order chi connectivity index (χ1) is 9.92. The van der Waals surface area contributed by atoms with Crippen LogP contribution in [0.15, 0.2) is 30.3 Å². The Bertz CT molecular complexity index is 699. The molecule has 0 aliphatic rings. The van der Waals surface area contributed by atoms with E-state index in [0.29, 0.717) is 27.7 Å². The van der Waals surface area contributed by atoms with Crippen molar-refractivity contribution in [2.24, 2.45) is 0 Å². The third-order valence-electron chi connectivity index (χ3n) is 3.27. The van der Waals surface area contributed by atoms with Gasteiger partial charge in [0.2, 0.25) is 0 Å². The number of rotatable bonds is 3. The minimum atomic E-state index is -0.291. The van der Waals surface area contributed by atoms with E-state index >= 15 is 0 Å². The van der Waals surface area contributed by atoms with Crippen LogP contribution >= 0.6 is 11.6 Å². The van der Waals surface area contributed by atoms with Crippen molar-refractivity contribution in [3.63, 3.8) is 0 Å². The van der Waals surface area contributed by atoms with Gasteiger partial charge >= 0.3 is 0 Å². The minimum Gasteiger partial charge on any atom is -0.496 e. The predicted octanol–water partition coefficient (Wildman–Crippen LogP) is 3.80. The monoisotopic (exact) mass is 304 g/mol. The molecule has 4 nitrogen and oxygen atoms in total. The molecule has 2 aromatic rings. The number of ether oxygens (including phenoxy) is 1. The highest BCUT2D eigenvalue weighted by atomic mass is 35.5. The van der Waals surface area contributed by atoms with E-state index in [1.54, 1.807) is 24.3 Å². The van der Waals surface area contributed by atoms with Crippen molar-refractivity contribution in [1.82, 2.24) is 0 Å². The summed E-state index contributed by atoms with van der Waals surface area (Å²) in [6.45, 7) is 3.84. The number of benzene rings is 2. The molecular formula is C16H17ClN2O2. The normalized spacial score (nSPS) is 10.3. The van der Waals surface area contributed by atoms with Crippen molar-refractivity contribution >= 4 is 28.9 Å². The largest absolute Gasteiger partial charge is 0.496 e. The summed E-state index contributed by atoms with van der Waals surface area (Å²) in [5, 5.41) is 3.31. The number of nitrogens with two attached hydrogens (primary N) is 1. The highest BCUT2D eigenvalue weighted by Crippen LogP contribution is 2.26. The van der Waals surface area contributed by atoms with Crippen LogP contribution in [0.2, 0.25) is 5.02 Å². The lowest BCUT2D eigenvalue weighted by Crippen LogP contribution is -2.14. The fraction of sp³-hybridized carbons (Fsp3) is 0.188. The molecule has 21 heavy (non-hydrogen) atoms. The van der Waals surface area contributed by atoms with Gasteiger partial charge in [0.05, 0.1) is 12.7 Å². The predicted molar refractivity (Wildman–Crippen MR) is 86.3 cm³/mol. The van der Waals surface area contributed by atoms with Crippen LogP contribution in [0, 0.1) is 13.8 Å². The molecule has 0 fully saturated rings. The topological polar surface area (TPSA) is 64.3 Å². The maximum Gasteiger partial charge on any atom is 0.259 e. The van der Waals surface area contributed by atoms with Gasteiger partial charge in [0, 0.05) is 16.4 Å². The van der Waals surface area contributed by atoms with Crippen LogP contribution in [0.5, 0.6) is 5.75 Å². The number of nitrogen functional groups attached to an aromatic ring is 1. The lowest BCUT2D eigenvalue weighted by Gasteiger charge is -2.13. The van der Waals surface area contributed by atoms with E-state index in [4.69, 9.17) is 22.1 Å². The lowest BCUT2D eigenvalue weighted by molar-refractivity contribution is 0.102. The second kappa shape index (κ2) is 6.06. The molecule has 3 N–H and O–H groups in total. The first-order valence-corrected chi connectivity index (χ1v) is 6.81. The number of nitrogens with one attached hydrogen (secondary N) is 1. The van der Waals surface area contributed by atoms with Crippen molar-refractivity contribution in [1.29, 1.82) is 0 Å². The van der Waals surface area contributed by atoms with Gasteiger partial charge in [0.15, 0.2) is 0 Å². The zero-order valence-electron chi connectivity index (χ0n) is 12.2. The summed E-state index contributed by atoms with van der Waals surface area (Å²) in [5.41, 5.74) is 9.49. The molecule has 0 radical (unpaired) electrons. The van der Waals surface area contributed by atoms with Gasteiger partial charge in [0.1, 0.15) is 5.75 Å². The quantitative estimate of drug-likeness (QED) is 0.848. The van der Waals surface area contributed by atoms with Gasteiger partial charge in [-0.15, -0.1) is 0 Å². The number of aryl methyl sites for hydroxylation is 2. The Balaban J connectivity index is 2.34. The van der Waals surface area contributed by atoms with Crippen LogP contribution in [0.1, 0.15) is 21.5 Å². The summed E-state index contributed by atoms with van der Waals surface area (Å²) in [5.74, 6) is 0.176. The van der Waals surface area contributed by atoms with E-state index in [9.17, 15) is 4.79 Å². The molecule has 0 atom stereocenters. The summed E-state index contributed by atoms with van der Waals surface area (Å²) in [7, 11) is 1.51. The van der Waals surface area contributed by atoms with Crippen LogP contribution in [0.4, 0.5) is 11.4 Å². The second-order valence-electron chi connectivity index (χ2n) is 4.82. The first-order valence-electron chi connectivity index (χ1n) is 6.44. The summed E-state index contributed by atoms with van der Waals surface area (Å²) < 4.78 is 5.19. The molecule has 0 bridgehead atoms. The SMILES string of the molecule is COc1ccc(Cl)cc1C(=O)Nc1cc(N)c(C)cc1C. The van der Waals surface area contributed by atoms with E-state index in [1.807, 2.05) is 19.9 Å². The van der Waals surface area contributed by atoms with E-state index in [0.717, 1.165) is 11.1 Å². The second-order valence-corrected chi connectivity index (χ2v) is 5.26. The average Bonchev–Trinajstić information content (AvgIpc) is 2.44. The number of hydrogen-bond donors (Lipinski definition) is 2. The number of methoxy groups -OCH3 is 1. The Hall–Kier alpha value is -2.20. The molecule has 110 valence electrons. The van der Waals surface area contributed by atoms with Crippen LogP contribution < -0.4 is 15.8 Å². The molecule has 0 aliphatic carbocycles. The third kappa shape index (κ3) is 3.28. The molecule has 0 unspecified atom stereocenters. The van der Waals surface area contributed by atoms with Gasteiger partial charge in [-0.05, 0) is 49.2 Å². The van der Waals surface area contributed by atoms with Crippen molar-refractivity contribution < 1.29 is 9.53 Å². The Kier molecular flexibility index (Phi) is 4.38. The smallest absolute Gasteiger partial charge is 0.259 e. The van der Waals surface area contributed by atoms with Gasteiger partial charge in [-0.1, -0.05) is 17.7 Å². The Morgan fingerprint density at radius 3 is 2.57 bits per heavy atom. The number of anilines is 2. The van der Waals surface area contributed by atoms with Gasteiger partial charge in [-0.3, -0.25) is 4.79 Å². The standard InChI is InChI=1S/C16H17ClN2O2/c1-9-6-10(2)14(8-13(9)18)19-16(20)12-7-11(17)4-5-15(12)21-3/h4-8H,18H2,1-3H3,(H,19,20). The van der Waals surface area contributed by atoms with Crippen LogP contribution in [-0.2, 0) is 0 Å². The summed E-state index contributed by atoms with van der Waals surface area (Å²) in [6.07, 6.45) is 0. The zero-order valence-corrected chi connectivity index (χ0v) is 12.9. The molecule has 0 saturated heterocycles. The van der Waals surface area contributed by atoms with E-state index < -0.39 is 0 Å². The number of carbonyl (C=O) groups is 1. The molecule has 2 rings (SSSR count). The minimum absolute atomic E-state index is 0.291. The highest BCUT2D eigenvalue weighted by Gasteiger charge is 2.14. The molecule has 1 amide bonds.